The fourth-order valence-electron chi connectivity index (χ4n) is 5.65. The first-order chi connectivity index (χ1) is 24.3. The van der Waals surface area contributed by atoms with Crippen molar-refractivity contribution in [1.82, 2.24) is 30.0 Å². The van der Waals surface area contributed by atoms with Crippen molar-refractivity contribution in [2.75, 3.05) is 5.32 Å². The van der Waals surface area contributed by atoms with E-state index in [-0.39, 0.29) is 75.8 Å². The monoisotopic (exact) mass is 759 g/mol. The van der Waals surface area contributed by atoms with E-state index in [0.717, 1.165) is 29.9 Å². The van der Waals surface area contributed by atoms with Gasteiger partial charge in [-0.1, -0.05) is 11.6 Å². The number of nitrogens with one attached hydrogen (secondary N) is 3. The highest BCUT2D eigenvalue weighted by Crippen LogP contribution is 2.36. The van der Waals surface area contributed by atoms with Crippen molar-refractivity contribution >= 4 is 41.0 Å². The number of nitriles is 1. The van der Waals surface area contributed by atoms with Gasteiger partial charge in [0.2, 0.25) is 5.91 Å². The number of nitrogens with zero attached hydrogens (tertiary/aromatic N) is 5. The largest absolute Gasteiger partial charge is 0.490 e. The SMILES string of the molecule is Cn1c(-c2cn(CC#N)nc2C(F)(F)F)cnc1C(=O)Nc1ccc(C(=O)NC2CCC(NC(=O)C3CC(N)C3)CC2)c(Cl)c1.O=C(O)C(F)(F)F. The summed E-state index contributed by atoms with van der Waals surface area (Å²) in [5.74, 6) is -4.00. The number of carboxylic acid groups (broad SMARTS) is 1. The normalized spacial score (nSPS) is 20.0. The number of rotatable bonds is 8. The van der Waals surface area contributed by atoms with E-state index in [1.54, 1.807) is 6.07 Å². The number of aromatic nitrogens is 4. The second-order valence-corrected chi connectivity index (χ2v) is 12.6. The quantitative estimate of drug-likeness (QED) is 0.208. The molecule has 2 saturated carbocycles. The van der Waals surface area contributed by atoms with Gasteiger partial charge in [0.1, 0.15) is 6.54 Å². The highest BCUT2D eigenvalue weighted by Gasteiger charge is 2.39. The van der Waals surface area contributed by atoms with Crippen LogP contribution in [0.5, 0.6) is 0 Å². The van der Waals surface area contributed by atoms with Crippen LogP contribution < -0.4 is 21.7 Å². The first-order valence-electron chi connectivity index (χ1n) is 15.6. The van der Waals surface area contributed by atoms with Crippen LogP contribution >= 0.6 is 11.6 Å². The molecule has 2 heterocycles. The maximum absolute atomic E-state index is 13.6. The Balaban J connectivity index is 0.000000785. The van der Waals surface area contributed by atoms with E-state index in [2.05, 4.69) is 26.0 Å². The zero-order chi connectivity index (χ0) is 38.5. The molecule has 280 valence electrons. The fourth-order valence-corrected chi connectivity index (χ4v) is 5.91. The molecule has 2 fully saturated rings. The highest BCUT2D eigenvalue weighted by molar-refractivity contribution is 6.34. The fraction of sp³-hybridized carbons (Fsp3) is 0.452. The Kier molecular flexibility index (Phi) is 12.2. The molecule has 0 atom stereocenters. The van der Waals surface area contributed by atoms with Crippen molar-refractivity contribution in [2.45, 2.75) is 75.5 Å². The minimum Gasteiger partial charge on any atom is -0.475 e. The van der Waals surface area contributed by atoms with E-state index >= 15 is 0 Å². The molecule has 0 aliphatic heterocycles. The summed E-state index contributed by atoms with van der Waals surface area (Å²) in [4.78, 5) is 51.1. The second-order valence-electron chi connectivity index (χ2n) is 12.2. The van der Waals surface area contributed by atoms with Gasteiger partial charge in [-0.05, 0) is 56.7 Å². The molecule has 6 N–H and O–H groups in total. The average Bonchev–Trinajstić information content (AvgIpc) is 3.63. The van der Waals surface area contributed by atoms with Gasteiger partial charge in [0.15, 0.2) is 11.5 Å². The molecule has 14 nitrogen and oxygen atoms in total. The second kappa shape index (κ2) is 16.0. The molecule has 0 bridgehead atoms. The first-order valence-corrected chi connectivity index (χ1v) is 16.0. The molecule has 0 radical (unpaired) electrons. The summed E-state index contributed by atoms with van der Waals surface area (Å²) in [5, 5.41) is 28.2. The Morgan fingerprint density at radius 3 is 2.15 bits per heavy atom. The number of aliphatic carboxylic acids is 1. The third-order valence-corrected chi connectivity index (χ3v) is 8.71. The molecule has 1 aromatic carbocycles. The molecule has 3 aromatic rings. The number of hydrogen-bond donors (Lipinski definition) is 5. The first kappa shape index (κ1) is 39.6. The summed E-state index contributed by atoms with van der Waals surface area (Å²) < 4.78 is 74.6. The van der Waals surface area contributed by atoms with E-state index in [4.69, 9.17) is 32.5 Å². The maximum Gasteiger partial charge on any atom is 0.490 e. The Morgan fingerprint density at radius 1 is 1.04 bits per heavy atom. The van der Waals surface area contributed by atoms with Crippen molar-refractivity contribution in [2.24, 2.45) is 18.7 Å². The van der Waals surface area contributed by atoms with E-state index in [1.165, 1.54) is 29.8 Å². The van der Waals surface area contributed by atoms with E-state index in [9.17, 15) is 40.7 Å². The van der Waals surface area contributed by atoms with Gasteiger partial charge in [0.05, 0.1) is 34.1 Å². The predicted molar refractivity (Wildman–Crippen MR) is 170 cm³/mol. The number of carbonyl (C=O) groups excluding carboxylic acids is 3. The van der Waals surface area contributed by atoms with Crippen LogP contribution in [0.1, 0.15) is 65.2 Å². The molecule has 0 saturated heterocycles. The summed E-state index contributed by atoms with van der Waals surface area (Å²) in [6.45, 7) is -0.388. The van der Waals surface area contributed by atoms with Gasteiger partial charge in [0, 0.05) is 43.0 Å². The molecule has 5 rings (SSSR count). The standard InChI is InChI=1S/C29H31ClF3N9O3.C2HF3O2/c1-41-23(21-14-42(9-8-34)40-24(21)29(31,32)33)13-36-25(41)28(45)39-19-6-7-20(22(30)12-19)27(44)38-18-4-2-17(3-5-18)37-26(43)15-10-16(35)11-15;3-2(4,5)1(6)7/h6-7,12-18H,2-5,9-11,35H2,1H3,(H,37,43)(H,38,44)(H,39,45);(H,6,7). The summed E-state index contributed by atoms with van der Waals surface area (Å²) in [6, 6.07) is 6.17. The van der Waals surface area contributed by atoms with Gasteiger partial charge in [-0.25, -0.2) is 9.78 Å². The molecule has 3 amide bonds. The van der Waals surface area contributed by atoms with Crippen molar-refractivity contribution < 1.29 is 50.6 Å². The lowest BCUT2D eigenvalue weighted by Gasteiger charge is -2.34. The highest BCUT2D eigenvalue weighted by atomic mass is 35.5. The van der Waals surface area contributed by atoms with Gasteiger partial charge < -0.3 is 31.4 Å². The number of amides is 3. The number of hydrogen-bond acceptors (Lipinski definition) is 8. The lowest BCUT2D eigenvalue weighted by Crippen LogP contribution is -2.49. The van der Waals surface area contributed by atoms with Crippen LogP contribution in [-0.2, 0) is 29.4 Å². The molecule has 0 unspecified atom stereocenters. The lowest BCUT2D eigenvalue weighted by molar-refractivity contribution is -0.192. The van der Waals surface area contributed by atoms with Gasteiger partial charge >= 0.3 is 18.3 Å². The number of halogens is 7. The Bertz CT molecular complexity index is 1860. The summed E-state index contributed by atoms with van der Waals surface area (Å²) >= 11 is 6.39. The van der Waals surface area contributed by atoms with Gasteiger partial charge in [0.25, 0.3) is 11.8 Å². The van der Waals surface area contributed by atoms with Gasteiger partial charge in [-0.2, -0.15) is 36.7 Å². The van der Waals surface area contributed by atoms with Crippen LogP contribution in [-0.4, -0.2) is 72.4 Å². The van der Waals surface area contributed by atoms with E-state index in [1.807, 2.05) is 0 Å². The van der Waals surface area contributed by atoms with E-state index in [0.29, 0.717) is 25.7 Å². The van der Waals surface area contributed by atoms with Gasteiger partial charge in [-0.3, -0.25) is 19.1 Å². The number of imidazole rings is 1. The summed E-state index contributed by atoms with van der Waals surface area (Å²) in [7, 11) is 1.38. The van der Waals surface area contributed by atoms with Crippen molar-refractivity contribution in [3.8, 4) is 17.3 Å². The third kappa shape index (κ3) is 9.79. The molecule has 2 aliphatic rings. The molecule has 52 heavy (non-hydrogen) atoms. The van der Waals surface area contributed by atoms with Crippen molar-refractivity contribution in [1.29, 1.82) is 5.26 Å². The number of anilines is 1. The Morgan fingerprint density at radius 2 is 1.63 bits per heavy atom. The number of nitrogens with two attached hydrogens (primary N) is 1. The zero-order valence-corrected chi connectivity index (χ0v) is 27.9. The van der Waals surface area contributed by atoms with Crippen LogP contribution in [0.2, 0.25) is 5.02 Å². The topological polar surface area (TPSA) is 210 Å². The molecule has 0 spiro atoms. The maximum atomic E-state index is 13.6. The summed E-state index contributed by atoms with van der Waals surface area (Å²) in [6.07, 6.45) is -3.39. The molecular weight excluding hydrogens is 728 g/mol. The number of carboxylic acids is 1. The van der Waals surface area contributed by atoms with E-state index < -0.39 is 29.9 Å². The van der Waals surface area contributed by atoms with Crippen LogP contribution in [0.3, 0.4) is 0 Å². The molecule has 2 aliphatic carbocycles. The molecular formula is C31H32ClF6N9O5. The lowest BCUT2D eigenvalue weighted by atomic mass is 9.80. The minimum atomic E-state index is -5.08. The Labute approximate surface area is 296 Å². The van der Waals surface area contributed by atoms with Gasteiger partial charge in [-0.15, -0.1) is 0 Å². The van der Waals surface area contributed by atoms with Crippen LogP contribution in [0.15, 0.2) is 30.6 Å². The van der Waals surface area contributed by atoms with Crippen LogP contribution in [0.4, 0.5) is 32.0 Å². The number of benzene rings is 1. The smallest absolute Gasteiger partial charge is 0.475 e. The predicted octanol–water partition coefficient (Wildman–Crippen LogP) is 4.26. The summed E-state index contributed by atoms with van der Waals surface area (Å²) in [5.41, 5.74) is 4.66. The third-order valence-electron chi connectivity index (χ3n) is 8.40. The number of alkyl halides is 6. The molecule has 2 aromatic heterocycles. The Hall–Kier alpha value is -5.16. The minimum absolute atomic E-state index is 0.00757. The van der Waals surface area contributed by atoms with Crippen molar-refractivity contribution in [3.63, 3.8) is 0 Å². The number of carbonyl (C=O) groups is 4. The van der Waals surface area contributed by atoms with Crippen LogP contribution in [0, 0.1) is 17.2 Å². The zero-order valence-electron chi connectivity index (χ0n) is 27.2. The molecule has 21 heteroatoms. The average molecular weight is 760 g/mol. The van der Waals surface area contributed by atoms with Crippen LogP contribution in [0.25, 0.3) is 11.3 Å². The van der Waals surface area contributed by atoms with Crippen molar-refractivity contribution in [3.05, 3.63) is 52.7 Å².